The van der Waals surface area contributed by atoms with E-state index in [-0.39, 0.29) is 16.2 Å². The van der Waals surface area contributed by atoms with E-state index in [9.17, 15) is 14.3 Å². The van der Waals surface area contributed by atoms with Gasteiger partial charge < -0.3 is 10.4 Å². The Kier molecular flexibility index (Phi) is 4.11. The summed E-state index contributed by atoms with van der Waals surface area (Å²) in [6, 6.07) is 4.73. The fourth-order valence-electron chi connectivity index (χ4n) is 1.96. The molecule has 3 nitrogen and oxygen atoms in total. The highest BCUT2D eigenvalue weighted by molar-refractivity contribution is 7.21. The number of carbonyl (C=O) groups is 1. The predicted octanol–water partition coefficient (Wildman–Crippen LogP) is 4.02. The van der Waals surface area contributed by atoms with Crippen molar-refractivity contribution in [2.75, 3.05) is 0 Å². The van der Waals surface area contributed by atoms with Crippen LogP contribution in [-0.2, 0) is 6.54 Å². The van der Waals surface area contributed by atoms with Crippen molar-refractivity contribution in [2.24, 2.45) is 0 Å². The summed E-state index contributed by atoms with van der Waals surface area (Å²) in [7, 11) is 0. The second-order valence-electron chi connectivity index (χ2n) is 5.42. The maximum absolute atomic E-state index is 14.0. The molecule has 0 spiro atoms. The summed E-state index contributed by atoms with van der Waals surface area (Å²) < 4.78 is 14.7. The van der Waals surface area contributed by atoms with E-state index in [1.165, 1.54) is 6.07 Å². The molecule has 0 unspecified atom stereocenters. The molecule has 1 aromatic carbocycles. The van der Waals surface area contributed by atoms with Gasteiger partial charge in [0, 0.05) is 27.7 Å². The molecule has 1 aromatic heterocycles. The molecular weight excluding hydrogens is 277 g/mol. The fourth-order valence-corrected chi connectivity index (χ4v) is 3.04. The molecule has 0 atom stereocenters. The van der Waals surface area contributed by atoms with Crippen LogP contribution < -0.4 is 5.32 Å². The largest absolute Gasteiger partial charge is 0.477 e. The molecule has 0 aliphatic carbocycles. The number of benzene rings is 1. The van der Waals surface area contributed by atoms with Crippen molar-refractivity contribution in [3.63, 3.8) is 0 Å². The average molecular weight is 295 g/mol. The van der Waals surface area contributed by atoms with E-state index in [2.05, 4.69) is 12.2 Å². The van der Waals surface area contributed by atoms with Crippen LogP contribution in [0.1, 0.15) is 42.4 Å². The second-order valence-corrected chi connectivity index (χ2v) is 6.47. The predicted molar refractivity (Wildman–Crippen MR) is 80.0 cm³/mol. The van der Waals surface area contributed by atoms with E-state index in [4.69, 9.17) is 0 Å². The molecule has 108 valence electrons. The summed E-state index contributed by atoms with van der Waals surface area (Å²) >= 11 is 1.12. The summed E-state index contributed by atoms with van der Waals surface area (Å²) in [5.41, 5.74) is 0.423. The van der Waals surface area contributed by atoms with Crippen LogP contribution in [0.5, 0.6) is 0 Å². The van der Waals surface area contributed by atoms with Gasteiger partial charge >= 0.3 is 5.97 Å². The number of aromatic carboxylic acids is 1. The molecule has 0 fully saturated rings. The van der Waals surface area contributed by atoms with E-state index in [1.54, 1.807) is 12.1 Å². The van der Waals surface area contributed by atoms with Crippen molar-refractivity contribution in [1.82, 2.24) is 5.32 Å². The van der Waals surface area contributed by atoms with Gasteiger partial charge in [0.2, 0.25) is 0 Å². The normalized spacial score (nSPS) is 12.0. The molecular formula is C15H18FNO2S. The van der Waals surface area contributed by atoms with Crippen molar-refractivity contribution < 1.29 is 14.3 Å². The minimum absolute atomic E-state index is 0.116. The third-order valence-corrected chi connectivity index (χ3v) is 4.77. The minimum Gasteiger partial charge on any atom is -0.477 e. The van der Waals surface area contributed by atoms with E-state index in [0.29, 0.717) is 22.2 Å². The van der Waals surface area contributed by atoms with Crippen LogP contribution in [0.25, 0.3) is 10.1 Å². The SMILES string of the molecule is CCC(C)(C)NCc1c(C(=O)O)sc2cccc(F)c12. The van der Waals surface area contributed by atoms with Crippen molar-refractivity contribution >= 4 is 27.4 Å². The number of thiophene rings is 1. The molecule has 0 aliphatic rings. The number of fused-ring (bicyclic) bond motifs is 1. The Labute approximate surface area is 121 Å². The number of nitrogens with one attached hydrogen (secondary N) is 1. The first-order valence-corrected chi connectivity index (χ1v) is 7.35. The molecule has 0 amide bonds. The lowest BCUT2D eigenvalue weighted by atomic mass is 10.0. The summed E-state index contributed by atoms with van der Waals surface area (Å²) in [5, 5.41) is 13.0. The van der Waals surface area contributed by atoms with E-state index >= 15 is 0 Å². The number of carboxylic acid groups (broad SMARTS) is 1. The molecule has 0 radical (unpaired) electrons. The molecule has 20 heavy (non-hydrogen) atoms. The molecule has 5 heteroatoms. The van der Waals surface area contributed by atoms with Gasteiger partial charge in [-0.3, -0.25) is 0 Å². The summed E-state index contributed by atoms with van der Waals surface area (Å²) in [6.07, 6.45) is 0.903. The van der Waals surface area contributed by atoms with E-state index < -0.39 is 5.97 Å². The van der Waals surface area contributed by atoms with Crippen molar-refractivity contribution in [1.29, 1.82) is 0 Å². The first-order chi connectivity index (χ1) is 9.35. The fraction of sp³-hybridized carbons (Fsp3) is 0.400. The summed E-state index contributed by atoms with van der Waals surface area (Å²) in [4.78, 5) is 11.6. The Morgan fingerprint density at radius 2 is 2.15 bits per heavy atom. The quantitative estimate of drug-likeness (QED) is 0.876. The Bertz CT molecular complexity index is 649. The lowest BCUT2D eigenvalue weighted by Crippen LogP contribution is -2.38. The van der Waals surface area contributed by atoms with Gasteiger partial charge in [-0.1, -0.05) is 13.0 Å². The molecule has 0 saturated heterocycles. The number of hydrogen-bond donors (Lipinski definition) is 2. The van der Waals surface area contributed by atoms with Crippen LogP contribution in [0.2, 0.25) is 0 Å². The van der Waals surface area contributed by atoms with Gasteiger partial charge in [0.1, 0.15) is 10.7 Å². The molecule has 0 saturated carbocycles. The van der Waals surface area contributed by atoms with Crippen LogP contribution in [0.3, 0.4) is 0 Å². The maximum atomic E-state index is 14.0. The zero-order valence-electron chi connectivity index (χ0n) is 11.8. The third-order valence-electron chi connectivity index (χ3n) is 3.59. The van der Waals surface area contributed by atoms with Gasteiger partial charge in [-0.05, 0) is 32.4 Å². The van der Waals surface area contributed by atoms with Gasteiger partial charge in [0.15, 0.2) is 0 Å². The molecule has 2 rings (SSSR count). The highest BCUT2D eigenvalue weighted by atomic mass is 32.1. The van der Waals surface area contributed by atoms with Gasteiger partial charge in [-0.15, -0.1) is 11.3 Å². The minimum atomic E-state index is -1.00. The third kappa shape index (κ3) is 2.83. The second kappa shape index (κ2) is 5.50. The number of carboxylic acids is 1. The maximum Gasteiger partial charge on any atom is 0.346 e. The Morgan fingerprint density at radius 3 is 2.75 bits per heavy atom. The van der Waals surface area contributed by atoms with Crippen LogP contribution in [0, 0.1) is 5.82 Å². The number of rotatable bonds is 5. The van der Waals surface area contributed by atoms with Crippen LogP contribution in [0.15, 0.2) is 18.2 Å². The summed E-state index contributed by atoms with van der Waals surface area (Å²) in [6.45, 7) is 6.48. The van der Waals surface area contributed by atoms with E-state index in [0.717, 1.165) is 17.8 Å². The number of hydrogen-bond acceptors (Lipinski definition) is 3. The zero-order chi connectivity index (χ0) is 14.9. The van der Waals surface area contributed by atoms with Gasteiger partial charge in [-0.25, -0.2) is 9.18 Å². The smallest absolute Gasteiger partial charge is 0.346 e. The van der Waals surface area contributed by atoms with Crippen molar-refractivity contribution in [3.05, 3.63) is 34.5 Å². The zero-order valence-corrected chi connectivity index (χ0v) is 12.6. The van der Waals surface area contributed by atoms with Crippen molar-refractivity contribution in [2.45, 2.75) is 39.3 Å². The highest BCUT2D eigenvalue weighted by Gasteiger charge is 2.22. The van der Waals surface area contributed by atoms with Gasteiger partial charge in [-0.2, -0.15) is 0 Å². The van der Waals surface area contributed by atoms with Gasteiger partial charge in [0.25, 0.3) is 0 Å². The first-order valence-electron chi connectivity index (χ1n) is 6.54. The topological polar surface area (TPSA) is 49.3 Å². The highest BCUT2D eigenvalue weighted by Crippen LogP contribution is 2.33. The standard InChI is InChI=1S/C15H18FNO2S/c1-4-15(2,3)17-8-9-12-10(16)6-5-7-11(12)20-13(9)14(18)19/h5-7,17H,4,8H2,1-3H3,(H,18,19). The average Bonchev–Trinajstić information content (AvgIpc) is 2.77. The molecule has 1 heterocycles. The van der Waals surface area contributed by atoms with Crippen LogP contribution in [-0.4, -0.2) is 16.6 Å². The monoisotopic (exact) mass is 295 g/mol. The summed E-state index contributed by atoms with van der Waals surface area (Å²) in [5.74, 6) is -1.37. The molecule has 0 aliphatic heterocycles. The number of halogens is 1. The van der Waals surface area contributed by atoms with Crippen LogP contribution in [0.4, 0.5) is 4.39 Å². The lowest BCUT2D eigenvalue weighted by molar-refractivity contribution is 0.0701. The Morgan fingerprint density at radius 1 is 1.45 bits per heavy atom. The van der Waals surface area contributed by atoms with Gasteiger partial charge in [0.05, 0.1) is 0 Å². The molecule has 2 N–H and O–H groups in total. The van der Waals surface area contributed by atoms with Crippen LogP contribution >= 0.6 is 11.3 Å². The first kappa shape index (κ1) is 14.9. The molecule has 0 bridgehead atoms. The Balaban J connectivity index is 2.49. The molecule has 2 aromatic rings. The van der Waals surface area contributed by atoms with E-state index in [1.807, 2.05) is 13.8 Å². The lowest BCUT2D eigenvalue weighted by Gasteiger charge is -2.24. The van der Waals surface area contributed by atoms with Crippen molar-refractivity contribution in [3.8, 4) is 0 Å². The Hall–Kier alpha value is -1.46.